The van der Waals surface area contributed by atoms with Gasteiger partial charge in [0, 0.05) is 13.0 Å². The molecule has 4 aliphatic carbocycles. The molecule has 5 rings (SSSR count). The second-order valence-electron chi connectivity index (χ2n) is 12.3. The van der Waals surface area contributed by atoms with Crippen molar-refractivity contribution in [2.45, 2.75) is 83.8 Å². The number of nitrogens with zero attached hydrogens (tertiary/aromatic N) is 3. The van der Waals surface area contributed by atoms with E-state index in [9.17, 15) is 14.7 Å². The average Bonchev–Trinajstić information content (AvgIpc) is 3.38. The Morgan fingerprint density at radius 3 is 2.65 bits per heavy atom. The van der Waals surface area contributed by atoms with Gasteiger partial charge in [-0.2, -0.15) is 9.90 Å². The molecule has 34 heavy (non-hydrogen) atoms. The summed E-state index contributed by atoms with van der Waals surface area (Å²) in [6.07, 6.45) is 10.7. The Morgan fingerprint density at radius 2 is 1.94 bits per heavy atom. The minimum absolute atomic E-state index is 0.000815. The zero-order chi connectivity index (χ0) is 24.3. The maximum absolute atomic E-state index is 13.4. The van der Waals surface area contributed by atoms with Crippen LogP contribution in [-0.2, 0) is 16.1 Å². The number of ketones is 1. The summed E-state index contributed by atoms with van der Waals surface area (Å²) in [7, 11) is 1.83. The van der Waals surface area contributed by atoms with E-state index in [1.54, 1.807) is 0 Å². The predicted octanol–water partition coefficient (Wildman–Crippen LogP) is 2.98. The number of carbonyl (C=O) groups is 2. The maximum atomic E-state index is 13.4. The summed E-state index contributed by atoms with van der Waals surface area (Å²) in [6.45, 7) is 5.23. The quantitative estimate of drug-likeness (QED) is 0.657. The molecule has 0 spiro atoms. The first-order chi connectivity index (χ1) is 16.1. The van der Waals surface area contributed by atoms with Gasteiger partial charge in [0.1, 0.15) is 6.54 Å². The number of Topliss-reactive ketones (excluding diaryl/α,β-unsaturated/α-hetero) is 1. The molecular weight excluding hydrogens is 432 g/mol. The molecule has 3 N–H and O–H groups in total. The van der Waals surface area contributed by atoms with Gasteiger partial charge in [-0.05, 0) is 99.2 Å². The van der Waals surface area contributed by atoms with Crippen LogP contribution in [0.2, 0.25) is 0 Å². The number of nitrogens with two attached hydrogens (primary N) is 1. The van der Waals surface area contributed by atoms with Crippen LogP contribution in [0.1, 0.15) is 82.1 Å². The molecule has 188 valence electrons. The number of hydrogen-bond donors (Lipinski definition) is 2. The lowest BCUT2D eigenvalue weighted by Crippen LogP contribution is -2.58. The van der Waals surface area contributed by atoms with E-state index >= 15 is 0 Å². The van der Waals surface area contributed by atoms with E-state index in [2.05, 4.69) is 17.1 Å². The van der Waals surface area contributed by atoms with Crippen molar-refractivity contribution >= 4 is 11.7 Å². The number of hydrogen-bond acceptors (Lipinski definition) is 6. The summed E-state index contributed by atoms with van der Waals surface area (Å²) < 4.78 is 5.85. The standard InChI is InChI=1S/C26H40N4O4/c1-24(33)10-11-26(15-34-3)16(12-24)4-5-17-18-6-7-20(25(18,2)9-8-19(17)26)22(31)14-30-28-13-21(29-30)23(27)32/h13,16-20,33H,4-12,14-15H2,1-3H3,(H2,27,32)/t16-,17-,18-,19-,20+,24+,25-,26+/m0/s1. The minimum Gasteiger partial charge on any atom is -0.390 e. The largest absolute Gasteiger partial charge is 0.390 e. The van der Waals surface area contributed by atoms with Crippen LogP contribution in [-0.4, -0.2) is 51.1 Å². The average molecular weight is 473 g/mol. The lowest BCUT2D eigenvalue weighted by molar-refractivity contribution is -0.175. The van der Waals surface area contributed by atoms with Gasteiger partial charge in [0.25, 0.3) is 5.91 Å². The third-order valence-corrected chi connectivity index (χ3v) is 10.5. The van der Waals surface area contributed by atoms with Crippen LogP contribution in [0.15, 0.2) is 6.20 Å². The molecule has 0 saturated heterocycles. The number of amides is 1. The summed E-state index contributed by atoms with van der Waals surface area (Å²) in [5.41, 5.74) is 4.98. The number of aromatic nitrogens is 3. The Hall–Kier alpha value is -1.80. The van der Waals surface area contributed by atoms with Gasteiger partial charge in [0.2, 0.25) is 0 Å². The Morgan fingerprint density at radius 1 is 1.15 bits per heavy atom. The van der Waals surface area contributed by atoms with Gasteiger partial charge in [-0.1, -0.05) is 6.92 Å². The molecule has 8 atom stereocenters. The molecule has 8 nitrogen and oxygen atoms in total. The number of aliphatic hydroxyl groups is 1. The molecule has 8 heteroatoms. The first-order valence-electron chi connectivity index (χ1n) is 13.0. The van der Waals surface area contributed by atoms with Gasteiger partial charge < -0.3 is 15.6 Å². The molecule has 1 aromatic rings. The fourth-order valence-corrected chi connectivity index (χ4v) is 9.05. The molecule has 0 radical (unpaired) electrons. The highest BCUT2D eigenvalue weighted by Gasteiger charge is 2.63. The van der Waals surface area contributed by atoms with Crippen LogP contribution in [0.3, 0.4) is 0 Å². The molecule has 1 aromatic heterocycles. The second-order valence-corrected chi connectivity index (χ2v) is 12.3. The van der Waals surface area contributed by atoms with Gasteiger partial charge in [0.05, 0.1) is 18.4 Å². The van der Waals surface area contributed by atoms with Crippen LogP contribution >= 0.6 is 0 Å². The van der Waals surface area contributed by atoms with E-state index in [1.165, 1.54) is 17.4 Å². The molecule has 0 bridgehead atoms. The third-order valence-electron chi connectivity index (χ3n) is 10.5. The van der Waals surface area contributed by atoms with Crippen LogP contribution in [0.5, 0.6) is 0 Å². The Balaban J connectivity index is 1.35. The van der Waals surface area contributed by atoms with E-state index in [0.29, 0.717) is 23.7 Å². The fraction of sp³-hybridized carbons (Fsp3) is 0.846. The summed E-state index contributed by atoms with van der Waals surface area (Å²) in [5, 5.41) is 19.0. The van der Waals surface area contributed by atoms with E-state index in [0.717, 1.165) is 58.0 Å². The SMILES string of the molecule is COC[C@]12CC[C@@](C)(O)C[C@@H]1CC[C@H]1[C@@H]3CC[C@H](C(=O)Cn4ncc(C(N)=O)n4)[C@@]3(C)CC[C@@H]12. The first kappa shape index (κ1) is 23.9. The van der Waals surface area contributed by atoms with Gasteiger partial charge in [-0.15, -0.1) is 5.10 Å². The summed E-state index contributed by atoms with van der Waals surface area (Å²) in [4.78, 5) is 26.1. The number of rotatable bonds is 6. The Labute approximate surface area is 202 Å². The van der Waals surface area contributed by atoms with Crippen molar-refractivity contribution in [3.05, 3.63) is 11.9 Å². The molecule has 4 saturated carbocycles. The van der Waals surface area contributed by atoms with Crippen molar-refractivity contribution in [2.24, 2.45) is 46.2 Å². The molecule has 1 heterocycles. The lowest BCUT2D eigenvalue weighted by atomic mass is 9.43. The van der Waals surface area contributed by atoms with Gasteiger partial charge in [0.15, 0.2) is 11.5 Å². The fourth-order valence-electron chi connectivity index (χ4n) is 9.05. The molecular formula is C26H40N4O4. The predicted molar refractivity (Wildman–Crippen MR) is 126 cm³/mol. The Bertz CT molecular complexity index is 960. The molecule has 0 aromatic carbocycles. The van der Waals surface area contributed by atoms with Crippen molar-refractivity contribution in [3.63, 3.8) is 0 Å². The van der Waals surface area contributed by atoms with E-state index in [1.807, 2.05) is 14.0 Å². The van der Waals surface area contributed by atoms with Crippen molar-refractivity contribution < 1.29 is 19.4 Å². The topological polar surface area (TPSA) is 120 Å². The number of ether oxygens (including phenoxy) is 1. The van der Waals surface area contributed by atoms with Crippen molar-refractivity contribution in [1.29, 1.82) is 0 Å². The number of fused-ring (bicyclic) bond motifs is 5. The third kappa shape index (κ3) is 3.72. The first-order valence-corrected chi connectivity index (χ1v) is 13.0. The van der Waals surface area contributed by atoms with Crippen LogP contribution < -0.4 is 5.73 Å². The monoisotopic (exact) mass is 472 g/mol. The molecule has 4 fully saturated rings. The number of methoxy groups -OCH3 is 1. The van der Waals surface area contributed by atoms with E-state index in [-0.39, 0.29) is 34.8 Å². The second kappa shape index (κ2) is 8.40. The smallest absolute Gasteiger partial charge is 0.270 e. The van der Waals surface area contributed by atoms with E-state index < -0.39 is 11.5 Å². The molecule has 4 aliphatic rings. The van der Waals surface area contributed by atoms with Crippen molar-refractivity contribution in [2.75, 3.05) is 13.7 Å². The van der Waals surface area contributed by atoms with Gasteiger partial charge >= 0.3 is 0 Å². The number of primary amides is 1. The number of carbonyl (C=O) groups excluding carboxylic acids is 2. The molecule has 1 amide bonds. The molecule has 0 unspecified atom stereocenters. The van der Waals surface area contributed by atoms with Gasteiger partial charge in [-0.3, -0.25) is 9.59 Å². The Kier molecular flexibility index (Phi) is 5.91. The van der Waals surface area contributed by atoms with Crippen LogP contribution in [0, 0.1) is 40.4 Å². The zero-order valence-corrected chi connectivity index (χ0v) is 20.8. The molecule has 0 aliphatic heterocycles. The summed E-state index contributed by atoms with van der Waals surface area (Å²) in [5.74, 6) is 1.84. The van der Waals surface area contributed by atoms with Gasteiger partial charge in [-0.25, -0.2) is 0 Å². The highest BCUT2D eigenvalue weighted by molar-refractivity contribution is 5.90. The lowest BCUT2D eigenvalue weighted by Gasteiger charge is -2.62. The summed E-state index contributed by atoms with van der Waals surface area (Å²) in [6, 6.07) is 0. The normalized spacial score (nSPS) is 43.6. The highest BCUT2D eigenvalue weighted by atomic mass is 16.5. The van der Waals surface area contributed by atoms with Crippen molar-refractivity contribution in [3.8, 4) is 0 Å². The zero-order valence-electron chi connectivity index (χ0n) is 20.8. The summed E-state index contributed by atoms with van der Waals surface area (Å²) >= 11 is 0. The maximum Gasteiger partial charge on any atom is 0.270 e. The highest BCUT2D eigenvalue weighted by Crippen LogP contribution is 2.68. The van der Waals surface area contributed by atoms with E-state index in [4.69, 9.17) is 10.5 Å². The van der Waals surface area contributed by atoms with Crippen LogP contribution in [0.25, 0.3) is 0 Å². The van der Waals surface area contributed by atoms with Crippen molar-refractivity contribution in [1.82, 2.24) is 15.0 Å². The van der Waals surface area contributed by atoms with Crippen LogP contribution in [0.4, 0.5) is 0 Å². The minimum atomic E-state index is -0.630.